The van der Waals surface area contributed by atoms with E-state index in [9.17, 15) is 4.79 Å². The highest BCUT2D eigenvalue weighted by molar-refractivity contribution is 14.1. The molecular formula is C13H15IN2O3. The molecule has 0 atom stereocenters. The van der Waals surface area contributed by atoms with E-state index in [2.05, 4.69) is 33.2 Å². The van der Waals surface area contributed by atoms with Gasteiger partial charge in [0.1, 0.15) is 5.75 Å². The molecule has 1 fully saturated rings. The van der Waals surface area contributed by atoms with Crippen LogP contribution in [0.15, 0.2) is 12.1 Å². The second-order valence-electron chi connectivity index (χ2n) is 4.63. The minimum atomic E-state index is -0.0724. The van der Waals surface area contributed by atoms with Gasteiger partial charge in [-0.2, -0.15) is 0 Å². The molecule has 0 spiro atoms. The maximum absolute atomic E-state index is 11.7. The highest BCUT2D eigenvalue weighted by Gasteiger charge is 2.23. The molecule has 2 aliphatic heterocycles. The predicted molar refractivity (Wildman–Crippen MR) is 79.6 cm³/mol. The summed E-state index contributed by atoms with van der Waals surface area (Å²) in [6.07, 6.45) is 2.02. The van der Waals surface area contributed by atoms with E-state index in [-0.39, 0.29) is 12.6 Å². The lowest BCUT2D eigenvalue weighted by Crippen LogP contribution is -2.34. The normalized spacial score (nSPS) is 19.3. The van der Waals surface area contributed by atoms with Crippen LogP contribution in [0.1, 0.15) is 23.2 Å². The highest BCUT2D eigenvalue weighted by Crippen LogP contribution is 2.34. The second kappa shape index (κ2) is 5.54. The molecule has 1 aromatic rings. The van der Waals surface area contributed by atoms with Crippen LogP contribution in [-0.4, -0.2) is 31.9 Å². The third kappa shape index (κ3) is 2.64. The number of fused-ring (bicyclic) bond motifs is 1. The lowest BCUT2D eigenvalue weighted by molar-refractivity contribution is 0.0882. The third-order valence-electron chi connectivity index (χ3n) is 3.37. The van der Waals surface area contributed by atoms with Crippen molar-refractivity contribution in [2.45, 2.75) is 18.9 Å². The zero-order valence-corrected chi connectivity index (χ0v) is 12.5. The zero-order valence-electron chi connectivity index (χ0n) is 10.4. The molecule has 1 saturated heterocycles. The van der Waals surface area contributed by atoms with Gasteiger partial charge >= 0.3 is 0 Å². The van der Waals surface area contributed by atoms with E-state index in [1.54, 1.807) is 0 Å². The number of hydrogen-bond donors (Lipinski definition) is 2. The number of halogens is 1. The van der Waals surface area contributed by atoms with Crippen LogP contribution in [0.3, 0.4) is 0 Å². The van der Waals surface area contributed by atoms with E-state index in [1.807, 2.05) is 12.1 Å². The van der Waals surface area contributed by atoms with Crippen LogP contribution in [0.4, 0.5) is 5.69 Å². The summed E-state index contributed by atoms with van der Waals surface area (Å²) in [5, 5.41) is 6.18. The van der Waals surface area contributed by atoms with Gasteiger partial charge in [0.15, 0.2) is 6.73 Å². The number of anilines is 1. The molecule has 0 radical (unpaired) electrons. The molecule has 2 aliphatic rings. The molecule has 0 saturated carbocycles. The van der Waals surface area contributed by atoms with Crippen LogP contribution in [0.5, 0.6) is 5.75 Å². The van der Waals surface area contributed by atoms with E-state index in [4.69, 9.17) is 9.47 Å². The van der Waals surface area contributed by atoms with Crippen LogP contribution < -0.4 is 15.4 Å². The Labute approximate surface area is 125 Å². The van der Waals surface area contributed by atoms with E-state index >= 15 is 0 Å². The summed E-state index contributed by atoms with van der Waals surface area (Å²) >= 11 is 2.23. The molecule has 6 heteroatoms. The molecule has 0 aromatic heterocycles. The first-order valence-corrected chi connectivity index (χ1v) is 7.41. The first-order valence-electron chi connectivity index (χ1n) is 6.33. The molecule has 0 aliphatic carbocycles. The Morgan fingerprint density at radius 1 is 1.32 bits per heavy atom. The molecular weight excluding hydrogens is 359 g/mol. The van der Waals surface area contributed by atoms with E-state index in [0.717, 1.165) is 35.3 Å². The molecule has 19 heavy (non-hydrogen) atoms. The fourth-order valence-electron chi connectivity index (χ4n) is 2.32. The van der Waals surface area contributed by atoms with Crippen LogP contribution in [-0.2, 0) is 4.74 Å². The standard InChI is InChI=1S/C13H15IN2O3/c14-11-10(16-8-3-5-18-6-4-8)2-1-9-12(11)19-7-15-13(9)17/h1-2,8,16H,3-7H2,(H,15,17). The Bertz CT molecular complexity index is 501. The van der Waals surface area contributed by atoms with Crippen molar-refractivity contribution in [2.24, 2.45) is 0 Å². The average molecular weight is 374 g/mol. The third-order valence-corrected chi connectivity index (χ3v) is 4.44. The first-order chi connectivity index (χ1) is 9.25. The van der Waals surface area contributed by atoms with Gasteiger partial charge in [-0.15, -0.1) is 0 Å². The highest BCUT2D eigenvalue weighted by atomic mass is 127. The summed E-state index contributed by atoms with van der Waals surface area (Å²) in [6, 6.07) is 4.19. The maximum atomic E-state index is 11.7. The van der Waals surface area contributed by atoms with Crippen molar-refractivity contribution in [1.29, 1.82) is 0 Å². The van der Waals surface area contributed by atoms with Crippen LogP contribution >= 0.6 is 22.6 Å². The average Bonchev–Trinajstić information content (AvgIpc) is 2.44. The van der Waals surface area contributed by atoms with Gasteiger partial charge in [-0.05, 0) is 47.6 Å². The molecule has 102 valence electrons. The largest absolute Gasteiger partial charge is 0.471 e. The smallest absolute Gasteiger partial charge is 0.257 e. The van der Waals surface area contributed by atoms with Gasteiger partial charge in [-0.1, -0.05) is 0 Å². The van der Waals surface area contributed by atoms with Gasteiger partial charge in [-0.3, -0.25) is 4.79 Å². The Balaban J connectivity index is 1.84. The Kier molecular flexibility index (Phi) is 3.79. The quantitative estimate of drug-likeness (QED) is 0.778. The van der Waals surface area contributed by atoms with Crippen molar-refractivity contribution in [3.8, 4) is 5.75 Å². The van der Waals surface area contributed by atoms with Gasteiger partial charge < -0.3 is 20.1 Å². The topological polar surface area (TPSA) is 59.6 Å². The van der Waals surface area contributed by atoms with Crippen molar-refractivity contribution in [1.82, 2.24) is 5.32 Å². The SMILES string of the molecule is O=C1NCOc2c1ccc(NC1CCOCC1)c2I. The molecule has 1 aromatic carbocycles. The summed E-state index contributed by atoms with van der Waals surface area (Å²) in [6.45, 7) is 1.85. The van der Waals surface area contributed by atoms with Gasteiger partial charge in [0, 0.05) is 19.3 Å². The van der Waals surface area contributed by atoms with Gasteiger partial charge in [-0.25, -0.2) is 0 Å². The van der Waals surface area contributed by atoms with E-state index < -0.39 is 0 Å². The lowest BCUT2D eigenvalue weighted by atomic mass is 10.1. The number of hydrogen-bond acceptors (Lipinski definition) is 4. The molecule has 5 nitrogen and oxygen atoms in total. The fraction of sp³-hybridized carbons (Fsp3) is 0.462. The summed E-state index contributed by atoms with van der Waals surface area (Å²) in [5.74, 6) is 0.609. The number of nitrogens with one attached hydrogen (secondary N) is 2. The molecule has 2 N–H and O–H groups in total. The van der Waals surface area contributed by atoms with Crippen molar-refractivity contribution >= 4 is 34.2 Å². The minimum absolute atomic E-state index is 0.0724. The fourth-order valence-corrected chi connectivity index (χ4v) is 3.10. The number of carbonyl (C=O) groups is 1. The maximum Gasteiger partial charge on any atom is 0.257 e. The van der Waals surface area contributed by atoms with Crippen LogP contribution in [0, 0.1) is 3.57 Å². The van der Waals surface area contributed by atoms with Crippen molar-refractivity contribution in [3.05, 3.63) is 21.3 Å². The summed E-state index contributed by atoms with van der Waals surface area (Å²) < 4.78 is 11.9. The lowest BCUT2D eigenvalue weighted by Gasteiger charge is -2.26. The number of benzene rings is 1. The van der Waals surface area contributed by atoms with Crippen molar-refractivity contribution in [2.75, 3.05) is 25.3 Å². The van der Waals surface area contributed by atoms with Gasteiger partial charge in [0.25, 0.3) is 5.91 Å². The molecule has 3 rings (SSSR count). The first kappa shape index (κ1) is 13.0. The van der Waals surface area contributed by atoms with E-state index in [1.165, 1.54) is 0 Å². The summed E-state index contributed by atoms with van der Waals surface area (Å²) in [7, 11) is 0. The number of rotatable bonds is 2. The van der Waals surface area contributed by atoms with Crippen molar-refractivity contribution in [3.63, 3.8) is 0 Å². The molecule has 1 amide bonds. The Morgan fingerprint density at radius 2 is 2.11 bits per heavy atom. The number of carbonyl (C=O) groups excluding carboxylic acids is 1. The van der Waals surface area contributed by atoms with Crippen molar-refractivity contribution < 1.29 is 14.3 Å². The Hall–Kier alpha value is -1.02. The number of ether oxygens (including phenoxy) is 2. The summed E-state index contributed by atoms with van der Waals surface area (Å²) in [5.41, 5.74) is 1.63. The van der Waals surface area contributed by atoms with Gasteiger partial charge in [0.2, 0.25) is 0 Å². The number of amides is 1. The predicted octanol–water partition coefficient (Wildman–Crippen LogP) is 1.96. The minimum Gasteiger partial charge on any atom is -0.471 e. The second-order valence-corrected chi connectivity index (χ2v) is 5.71. The van der Waals surface area contributed by atoms with Gasteiger partial charge in [0.05, 0.1) is 14.8 Å². The zero-order chi connectivity index (χ0) is 13.2. The summed E-state index contributed by atoms with van der Waals surface area (Å²) in [4.78, 5) is 11.7. The Morgan fingerprint density at radius 3 is 2.89 bits per heavy atom. The molecule has 0 bridgehead atoms. The monoisotopic (exact) mass is 374 g/mol. The van der Waals surface area contributed by atoms with Crippen LogP contribution in [0.25, 0.3) is 0 Å². The van der Waals surface area contributed by atoms with Crippen LogP contribution in [0.2, 0.25) is 0 Å². The molecule has 2 heterocycles. The molecule has 0 unspecified atom stereocenters. The van der Waals surface area contributed by atoms with E-state index in [0.29, 0.717) is 17.4 Å².